The van der Waals surface area contributed by atoms with Crippen LogP contribution in [0.4, 0.5) is 10.2 Å². The molecule has 3 aromatic rings. The highest BCUT2D eigenvalue weighted by atomic mass is 19.1. The number of anilines is 1. The Bertz CT molecular complexity index is 1320. The van der Waals surface area contributed by atoms with Crippen LogP contribution in [-0.4, -0.2) is 46.9 Å². The van der Waals surface area contributed by atoms with E-state index >= 15 is 4.39 Å². The second-order valence-electron chi connectivity index (χ2n) is 9.02. The molecule has 0 spiro atoms. The Labute approximate surface area is 189 Å². The van der Waals surface area contributed by atoms with E-state index in [0.717, 1.165) is 12.8 Å². The Morgan fingerprint density at radius 2 is 2.00 bits per heavy atom. The van der Waals surface area contributed by atoms with Crippen LogP contribution in [0.5, 0.6) is 0 Å². The van der Waals surface area contributed by atoms with Crippen LogP contribution in [0.2, 0.25) is 0 Å². The lowest BCUT2D eigenvalue weighted by Crippen LogP contribution is -2.19. The summed E-state index contributed by atoms with van der Waals surface area (Å²) < 4.78 is 21.2. The molecule has 1 aromatic carbocycles. The Morgan fingerprint density at radius 3 is 2.67 bits per heavy atom. The highest BCUT2D eigenvalue weighted by Gasteiger charge is 2.31. The van der Waals surface area contributed by atoms with E-state index in [1.807, 2.05) is 13.8 Å². The maximum absolute atomic E-state index is 15.6. The van der Waals surface area contributed by atoms with Crippen LogP contribution in [-0.2, 0) is 9.53 Å². The van der Waals surface area contributed by atoms with Gasteiger partial charge in [0.25, 0.3) is 5.91 Å². The average molecular weight is 449 g/mol. The first-order valence-corrected chi connectivity index (χ1v) is 10.8. The monoisotopic (exact) mass is 449 g/mol. The second kappa shape index (κ2) is 7.68. The first-order chi connectivity index (χ1) is 15.8. The molecule has 170 valence electrons. The van der Waals surface area contributed by atoms with Crippen molar-refractivity contribution in [2.24, 2.45) is 10.9 Å². The molecule has 1 aliphatic carbocycles. The molecule has 0 saturated heterocycles. The third-order valence-corrected chi connectivity index (χ3v) is 5.81. The van der Waals surface area contributed by atoms with Gasteiger partial charge in [0.15, 0.2) is 5.82 Å². The number of amides is 2. The molecule has 1 aliphatic heterocycles. The molecule has 0 atom stereocenters. The highest BCUT2D eigenvalue weighted by Crippen LogP contribution is 2.35. The summed E-state index contributed by atoms with van der Waals surface area (Å²) in [5, 5.41) is 5.95. The van der Waals surface area contributed by atoms with Crippen LogP contribution in [0.3, 0.4) is 0 Å². The van der Waals surface area contributed by atoms with Crippen LogP contribution < -0.4 is 10.6 Å². The molecule has 5 rings (SSSR count). The molecular weight excluding hydrogens is 425 g/mol. The van der Waals surface area contributed by atoms with Gasteiger partial charge in [-0.3, -0.25) is 9.59 Å². The number of carbonyl (C=O) groups is 2. The van der Waals surface area contributed by atoms with E-state index in [4.69, 9.17) is 4.74 Å². The van der Waals surface area contributed by atoms with Crippen molar-refractivity contribution >= 4 is 34.4 Å². The van der Waals surface area contributed by atoms with Gasteiger partial charge in [0, 0.05) is 35.8 Å². The molecule has 1 fully saturated rings. The number of benzene rings is 1. The molecule has 0 bridgehead atoms. The lowest BCUT2D eigenvalue weighted by molar-refractivity contribution is -0.117. The van der Waals surface area contributed by atoms with E-state index in [0.29, 0.717) is 40.1 Å². The fourth-order valence-corrected chi connectivity index (χ4v) is 3.86. The van der Waals surface area contributed by atoms with Crippen molar-refractivity contribution in [3.63, 3.8) is 0 Å². The number of aromatic amines is 1. The third-order valence-electron chi connectivity index (χ3n) is 5.81. The summed E-state index contributed by atoms with van der Waals surface area (Å²) in [5.41, 5.74) is 1.37. The minimum atomic E-state index is -0.487. The first kappa shape index (κ1) is 21.1. The number of nitrogens with zero attached hydrogens (tertiary/aromatic N) is 2. The lowest BCUT2D eigenvalue weighted by atomic mass is 10.1. The highest BCUT2D eigenvalue weighted by molar-refractivity contribution is 6.11. The predicted molar refractivity (Wildman–Crippen MR) is 123 cm³/mol. The van der Waals surface area contributed by atoms with Crippen molar-refractivity contribution in [3.8, 4) is 11.3 Å². The van der Waals surface area contributed by atoms with E-state index in [1.165, 1.54) is 13.2 Å². The molecule has 0 radical (unpaired) electrons. The molecule has 2 aliphatic rings. The Hall–Kier alpha value is -3.75. The maximum atomic E-state index is 15.6. The van der Waals surface area contributed by atoms with Gasteiger partial charge in [-0.05, 0) is 44.9 Å². The molecule has 0 unspecified atom stereocenters. The van der Waals surface area contributed by atoms with Crippen LogP contribution >= 0.6 is 0 Å². The molecule has 2 aromatic heterocycles. The number of nitrogens with one attached hydrogen (secondary N) is 3. The number of ether oxygens (including phenoxy) is 1. The van der Waals surface area contributed by atoms with Gasteiger partial charge >= 0.3 is 0 Å². The van der Waals surface area contributed by atoms with Gasteiger partial charge in [0.05, 0.1) is 22.2 Å². The number of fused-ring (bicyclic) bond motifs is 1. The number of aliphatic imine (C=N–C) groups is 1. The summed E-state index contributed by atoms with van der Waals surface area (Å²) >= 11 is 0. The minimum absolute atomic E-state index is 0.0135. The van der Waals surface area contributed by atoms with Crippen LogP contribution in [0.15, 0.2) is 35.5 Å². The van der Waals surface area contributed by atoms with Crippen molar-refractivity contribution in [3.05, 3.63) is 47.4 Å². The molecule has 9 heteroatoms. The third kappa shape index (κ3) is 3.83. The smallest absolute Gasteiger partial charge is 0.253 e. The zero-order chi connectivity index (χ0) is 23.3. The van der Waals surface area contributed by atoms with Gasteiger partial charge in [-0.2, -0.15) is 0 Å². The Balaban J connectivity index is 1.62. The molecule has 3 N–H and O–H groups in total. The number of halogens is 1. The SMILES string of the molecule is CNC(=O)c1cnc(NC(=O)C2CC2)c2[nH]c(-c3cccc(C4=NC(C)(C)CO4)c3F)cc12. The summed E-state index contributed by atoms with van der Waals surface area (Å²) in [6, 6.07) is 6.68. The van der Waals surface area contributed by atoms with Crippen molar-refractivity contribution in [1.29, 1.82) is 0 Å². The average Bonchev–Trinajstić information content (AvgIpc) is 3.45. The quantitative estimate of drug-likeness (QED) is 0.553. The van der Waals surface area contributed by atoms with Crippen LogP contribution in [0.25, 0.3) is 22.2 Å². The van der Waals surface area contributed by atoms with Crippen molar-refractivity contribution in [2.45, 2.75) is 32.2 Å². The number of aromatic nitrogens is 2. The minimum Gasteiger partial charge on any atom is -0.475 e. The predicted octanol–water partition coefficient (Wildman–Crippen LogP) is 3.63. The van der Waals surface area contributed by atoms with Crippen molar-refractivity contribution < 1.29 is 18.7 Å². The summed E-state index contributed by atoms with van der Waals surface area (Å²) in [4.78, 5) is 36.7. The fourth-order valence-electron chi connectivity index (χ4n) is 3.86. The van der Waals surface area contributed by atoms with Gasteiger partial charge in [-0.1, -0.05) is 6.07 Å². The number of H-pyrrole nitrogens is 1. The van der Waals surface area contributed by atoms with Gasteiger partial charge in [-0.25, -0.2) is 14.4 Å². The largest absolute Gasteiger partial charge is 0.475 e. The van der Waals surface area contributed by atoms with Crippen LogP contribution in [0.1, 0.15) is 42.6 Å². The van der Waals surface area contributed by atoms with Gasteiger partial charge in [0.1, 0.15) is 12.4 Å². The second-order valence-corrected chi connectivity index (χ2v) is 9.02. The lowest BCUT2D eigenvalue weighted by Gasteiger charge is -2.08. The molecule has 2 amide bonds. The number of hydrogen-bond donors (Lipinski definition) is 3. The maximum Gasteiger partial charge on any atom is 0.253 e. The summed E-state index contributed by atoms with van der Waals surface area (Å²) in [7, 11) is 1.53. The zero-order valence-corrected chi connectivity index (χ0v) is 18.6. The summed E-state index contributed by atoms with van der Waals surface area (Å²) in [6.45, 7) is 4.22. The number of hydrogen-bond acceptors (Lipinski definition) is 5. The Morgan fingerprint density at radius 1 is 1.24 bits per heavy atom. The molecular formula is C24H24FN5O3. The summed E-state index contributed by atoms with van der Waals surface area (Å²) in [5.74, 6) is -0.370. The van der Waals surface area contributed by atoms with E-state index in [1.54, 1.807) is 24.3 Å². The molecule has 1 saturated carbocycles. The van der Waals surface area contributed by atoms with Gasteiger partial charge in [-0.15, -0.1) is 0 Å². The van der Waals surface area contributed by atoms with Gasteiger partial charge < -0.3 is 20.4 Å². The number of pyridine rings is 1. The number of carbonyl (C=O) groups excluding carboxylic acids is 2. The number of rotatable bonds is 5. The van der Waals surface area contributed by atoms with Gasteiger partial charge in [0.2, 0.25) is 11.8 Å². The van der Waals surface area contributed by atoms with E-state index < -0.39 is 11.4 Å². The first-order valence-electron chi connectivity index (χ1n) is 10.8. The molecule has 3 heterocycles. The molecule has 33 heavy (non-hydrogen) atoms. The normalized spacial score (nSPS) is 16.9. The van der Waals surface area contributed by atoms with E-state index in [2.05, 4.69) is 25.6 Å². The molecule has 8 nitrogen and oxygen atoms in total. The van der Waals surface area contributed by atoms with Crippen molar-refractivity contribution in [1.82, 2.24) is 15.3 Å². The van der Waals surface area contributed by atoms with Crippen molar-refractivity contribution in [2.75, 3.05) is 19.0 Å². The Kier molecular flexibility index (Phi) is 4.92. The zero-order valence-electron chi connectivity index (χ0n) is 18.6. The standard InChI is InChI=1S/C24H24FN5O3/c1-24(2)11-33-23(30-24)14-6-4-5-13(18(14)25)17-9-15-16(22(32)26-3)10-27-20(19(15)28-17)29-21(31)12-7-8-12/h4-6,9-10,12,28H,7-8,11H2,1-3H3,(H,26,32)(H,27,29,31). The van der Waals surface area contributed by atoms with E-state index in [9.17, 15) is 9.59 Å². The van der Waals surface area contributed by atoms with Crippen LogP contribution in [0, 0.1) is 11.7 Å². The summed E-state index contributed by atoms with van der Waals surface area (Å²) in [6.07, 6.45) is 3.11. The fraction of sp³-hybridized carbons (Fsp3) is 0.333. The topological polar surface area (TPSA) is 108 Å². The van der Waals surface area contributed by atoms with E-state index in [-0.39, 0.29) is 29.2 Å².